The van der Waals surface area contributed by atoms with Crippen LogP contribution in [0.5, 0.6) is 23.0 Å². The zero-order valence-electron chi connectivity index (χ0n) is 20.7. The summed E-state index contributed by atoms with van der Waals surface area (Å²) >= 11 is 0. The Bertz CT molecular complexity index is 1400. The van der Waals surface area contributed by atoms with Crippen LogP contribution in [0, 0.1) is 0 Å². The molecule has 1 aromatic heterocycles. The molecule has 0 aliphatic heterocycles. The molecule has 1 amide bonds. The molecule has 4 rings (SSSR count). The van der Waals surface area contributed by atoms with Crippen molar-refractivity contribution in [2.75, 3.05) is 33.8 Å². The summed E-state index contributed by atoms with van der Waals surface area (Å²) in [5.74, 6) is 2.08. The molecule has 0 saturated carbocycles. The molecule has 4 aromatic rings. The number of amides is 1. The summed E-state index contributed by atoms with van der Waals surface area (Å²) in [5.41, 5.74) is 3.18. The molecule has 0 bridgehead atoms. The number of rotatable bonds is 9. The third-order valence-electron chi connectivity index (χ3n) is 5.80. The number of nitrogens with zero attached hydrogens (tertiary/aromatic N) is 1. The number of carbonyl (C=O) groups is 1. The standard InChI is InChI=1S/C29H28N2O5/c1-33-25-15-20-12-13-30-24(22(20)17-27(25)35-3)14-21-16-26(34-2)28(36-4)18-23(21)31-29(32)11-10-19-8-6-5-7-9-19/h5-13,15-18H,14H2,1-4H3,(H,31,32)/b11-10+. The Hall–Kier alpha value is -4.52. The van der Waals surface area contributed by atoms with E-state index in [-0.39, 0.29) is 5.91 Å². The summed E-state index contributed by atoms with van der Waals surface area (Å²) < 4.78 is 22.0. The topological polar surface area (TPSA) is 78.9 Å². The van der Waals surface area contributed by atoms with E-state index in [1.807, 2.05) is 54.6 Å². The number of pyridine rings is 1. The molecule has 184 valence electrons. The van der Waals surface area contributed by atoms with Crippen LogP contribution in [-0.4, -0.2) is 39.3 Å². The first kappa shape index (κ1) is 24.6. The molecule has 0 unspecified atom stereocenters. The predicted molar refractivity (Wildman–Crippen MR) is 141 cm³/mol. The Morgan fingerprint density at radius 3 is 2.17 bits per heavy atom. The average molecular weight is 485 g/mol. The summed E-state index contributed by atoms with van der Waals surface area (Å²) in [6, 6.07) is 19.0. The highest BCUT2D eigenvalue weighted by atomic mass is 16.5. The maximum absolute atomic E-state index is 12.8. The zero-order chi connectivity index (χ0) is 25.5. The van der Waals surface area contributed by atoms with Gasteiger partial charge in [0.1, 0.15) is 0 Å². The van der Waals surface area contributed by atoms with E-state index in [2.05, 4.69) is 10.3 Å². The van der Waals surface area contributed by atoms with Gasteiger partial charge in [0.05, 0.1) is 34.1 Å². The van der Waals surface area contributed by atoms with E-state index >= 15 is 0 Å². The van der Waals surface area contributed by atoms with Gasteiger partial charge in [0.2, 0.25) is 5.91 Å². The number of hydrogen-bond donors (Lipinski definition) is 1. The lowest BCUT2D eigenvalue weighted by Gasteiger charge is -2.16. The van der Waals surface area contributed by atoms with E-state index in [4.69, 9.17) is 18.9 Å². The quantitative estimate of drug-likeness (QED) is 0.316. The number of aromatic nitrogens is 1. The molecule has 1 N–H and O–H groups in total. The van der Waals surface area contributed by atoms with Gasteiger partial charge in [-0.05, 0) is 46.9 Å². The summed E-state index contributed by atoms with van der Waals surface area (Å²) in [6.45, 7) is 0. The van der Waals surface area contributed by atoms with Crippen molar-refractivity contribution in [1.29, 1.82) is 0 Å². The maximum atomic E-state index is 12.8. The fourth-order valence-electron chi connectivity index (χ4n) is 3.98. The van der Waals surface area contributed by atoms with Crippen molar-refractivity contribution in [3.8, 4) is 23.0 Å². The molecule has 0 fully saturated rings. The summed E-state index contributed by atoms with van der Waals surface area (Å²) in [4.78, 5) is 17.4. The number of hydrogen-bond acceptors (Lipinski definition) is 6. The molecule has 0 spiro atoms. The van der Waals surface area contributed by atoms with Crippen molar-refractivity contribution < 1.29 is 23.7 Å². The van der Waals surface area contributed by atoms with Gasteiger partial charge in [-0.15, -0.1) is 0 Å². The Kier molecular flexibility index (Phi) is 7.70. The summed E-state index contributed by atoms with van der Waals surface area (Å²) in [7, 11) is 6.35. The normalized spacial score (nSPS) is 10.9. The molecule has 0 atom stereocenters. The Morgan fingerprint density at radius 1 is 0.833 bits per heavy atom. The lowest BCUT2D eigenvalue weighted by molar-refractivity contribution is -0.111. The SMILES string of the molecule is COc1cc(Cc2nccc3cc(OC)c(OC)cc23)c(NC(=O)/C=C/c2ccccc2)cc1OC. The molecule has 36 heavy (non-hydrogen) atoms. The second-order valence-electron chi connectivity index (χ2n) is 7.96. The van der Waals surface area contributed by atoms with E-state index in [0.717, 1.165) is 27.6 Å². The van der Waals surface area contributed by atoms with Gasteiger partial charge in [0.15, 0.2) is 23.0 Å². The van der Waals surface area contributed by atoms with Crippen LogP contribution in [0.25, 0.3) is 16.8 Å². The highest BCUT2D eigenvalue weighted by Gasteiger charge is 2.16. The second kappa shape index (κ2) is 11.3. The van der Waals surface area contributed by atoms with Gasteiger partial charge in [-0.1, -0.05) is 30.3 Å². The van der Waals surface area contributed by atoms with Gasteiger partial charge in [0.25, 0.3) is 0 Å². The van der Waals surface area contributed by atoms with Crippen molar-refractivity contribution in [2.24, 2.45) is 0 Å². The van der Waals surface area contributed by atoms with Gasteiger partial charge in [-0.3, -0.25) is 9.78 Å². The number of carbonyl (C=O) groups excluding carboxylic acids is 1. The largest absolute Gasteiger partial charge is 0.493 e. The molecule has 7 heteroatoms. The monoisotopic (exact) mass is 484 g/mol. The highest BCUT2D eigenvalue weighted by molar-refractivity contribution is 6.02. The first-order valence-electron chi connectivity index (χ1n) is 11.3. The summed E-state index contributed by atoms with van der Waals surface area (Å²) in [5, 5.41) is 4.87. The van der Waals surface area contributed by atoms with Crippen LogP contribution in [0.3, 0.4) is 0 Å². The van der Waals surface area contributed by atoms with Gasteiger partial charge in [-0.25, -0.2) is 0 Å². The predicted octanol–water partition coefficient (Wildman–Crippen LogP) is 5.51. The third-order valence-corrected chi connectivity index (χ3v) is 5.80. The van der Waals surface area contributed by atoms with Crippen molar-refractivity contribution in [3.63, 3.8) is 0 Å². The minimum absolute atomic E-state index is 0.260. The van der Waals surface area contributed by atoms with E-state index < -0.39 is 0 Å². The van der Waals surface area contributed by atoms with Crippen molar-refractivity contribution in [3.05, 3.63) is 89.8 Å². The van der Waals surface area contributed by atoms with Crippen LogP contribution < -0.4 is 24.3 Å². The number of ether oxygens (including phenoxy) is 4. The zero-order valence-corrected chi connectivity index (χ0v) is 20.7. The minimum atomic E-state index is -0.260. The molecule has 0 radical (unpaired) electrons. The maximum Gasteiger partial charge on any atom is 0.248 e. The van der Waals surface area contributed by atoms with Crippen molar-refractivity contribution in [1.82, 2.24) is 4.98 Å². The Morgan fingerprint density at radius 2 is 1.47 bits per heavy atom. The van der Waals surface area contributed by atoms with Gasteiger partial charge >= 0.3 is 0 Å². The molecule has 1 heterocycles. The fourth-order valence-corrected chi connectivity index (χ4v) is 3.98. The van der Waals surface area contributed by atoms with E-state index in [1.165, 1.54) is 6.08 Å². The first-order valence-corrected chi connectivity index (χ1v) is 11.3. The lowest BCUT2D eigenvalue weighted by Crippen LogP contribution is -2.11. The number of nitrogens with one attached hydrogen (secondary N) is 1. The molecule has 0 aliphatic rings. The molecular weight excluding hydrogens is 456 g/mol. The fraction of sp³-hybridized carbons (Fsp3) is 0.172. The number of anilines is 1. The van der Waals surface area contributed by atoms with Crippen molar-refractivity contribution in [2.45, 2.75) is 6.42 Å². The van der Waals surface area contributed by atoms with E-state index in [1.54, 1.807) is 46.8 Å². The lowest BCUT2D eigenvalue weighted by atomic mass is 10.0. The number of fused-ring (bicyclic) bond motifs is 1. The number of methoxy groups -OCH3 is 4. The smallest absolute Gasteiger partial charge is 0.248 e. The van der Waals surface area contributed by atoms with E-state index in [9.17, 15) is 4.79 Å². The van der Waals surface area contributed by atoms with Crippen LogP contribution in [0.2, 0.25) is 0 Å². The molecule has 0 saturated heterocycles. The van der Waals surface area contributed by atoms with Gasteiger partial charge < -0.3 is 24.3 Å². The first-order chi connectivity index (χ1) is 17.6. The molecule has 3 aromatic carbocycles. The Balaban J connectivity index is 1.72. The van der Waals surface area contributed by atoms with E-state index in [0.29, 0.717) is 35.1 Å². The van der Waals surface area contributed by atoms with Crippen LogP contribution >= 0.6 is 0 Å². The summed E-state index contributed by atoms with van der Waals surface area (Å²) in [6.07, 6.45) is 5.46. The van der Waals surface area contributed by atoms with Gasteiger partial charge in [-0.2, -0.15) is 0 Å². The number of benzene rings is 3. The van der Waals surface area contributed by atoms with Crippen LogP contribution in [0.15, 0.2) is 72.9 Å². The third kappa shape index (κ3) is 5.41. The van der Waals surface area contributed by atoms with Crippen LogP contribution in [-0.2, 0) is 11.2 Å². The van der Waals surface area contributed by atoms with Gasteiger partial charge in [0, 0.05) is 35.8 Å². The molecular formula is C29H28N2O5. The van der Waals surface area contributed by atoms with Crippen LogP contribution in [0.4, 0.5) is 5.69 Å². The average Bonchev–Trinajstić information content (AvgIpc) is 2.92. The molecule has 0 aliphatic carbocycles. The van der Waals surface area contributed by atoms with Crippen molar-refractivity contribution >= 4 is 28.4 Å². The highest BCUT2D eigenvalue weighted by Crippen LogP contribution is 2.37. The Labute approximate surface area is 210 Å². The van der Waals surface area contributed by atoms with Crippen LogP contribution in [0.1, 0.15) is 16.8 Å². The minimum Gasteiger partial charge on any atom is -0.493 e. The second-order valence-corrected chi connectivity index (χ2v) is 7.96. The molecule has 7 nitrogen and oxygen atoms in total.